The van der Waals surface area contributed by atoms with Gasteiger partial charge in [-0.3, -0.25) is 0 Å². The third-order valence-corrected chi connectivity index (χ3v) is 3.95. The number of hydrogen-bond acceptors (Lipinski definition) is 1. The van der Waals surface area contributed by atoms with Gasteiger partial charge in [0.05, 0.1) is 12.0 Å². The molecule has 1 atom stereocenters. The van der Waals surface area contributed by atoms with Crippen LogP contribution < -0.4 is 0 Å². The van der Waals surface area contributed by atoms with Gasteiger partial charge in [0.15, 0.2) is 0 Å². The van der Waals surface area contributed by atoms with Gasteiger partial charge in [-0.15, -0.1) is 0 Å². The van der Waals surface area contributed by atoms with Crippen molar-refractivity contribution in [1.82, 2.24) is 0 Å². The number of hydrogen-bond donors (Lipinski definition) is 0. The minimum absolute atomic E-state index is 0.0840. The van der Waals surface area contributed by atoms with Crippen molar-refractivity contribution in [3.8, 4) is 6.07 Å². The first kappa shape index (κ1) is 16.8. The first-order chi connectivity index (χ1) is 9.88. The lowest BCUT2D eigenvalue weighted by molar-refractivity contribution is 0.549. The molecule has 0 bridgehead atoms. The molecule has 0 spiro atoms. The molecule has 0 saturated heterocycles. The molecule has 1 nitrogen and oxygen atoms in total. The molecular formula is C19H29N. The van der Waals surface area contributed by atoms with E-state index in [2.05, 4.69) is 25.1 Å². The minimum Gasteiger partial charge on any atom is -0.198 e. The maximum Gasteiger partial charge on any atom is 0.0712 e. The van der Waals surface area contributed by atoms with E-state index in [1.54, 1.807) is 0 Å². The van der Waals surface area contributed by atoms with Crippen molar-refractivity contribution >= 4 is 0 Å². The van der Waals surface area contributed by atoms with Crippen LogP contribution in [-0.4, -0.2) is 0 Å². The van der Waals surface area contributed by atoms with E-state index in [-0.39, 0.29) is 5.92 Å². The molecule has 1 aromatic rings. The van der Waals surface area contributed by atoms with Crippen molar-refractivity contribution in [2.75, 3.05) is 0 Å². The fourth-order valence-electron chi connectivity index (χ4n) is 2.65. The summed E-state index contributed by atoms with van der Waals surface area (Å²) < 4.78 is 0. The van der Waals surface area contributed by atoms with E-state index < -0.39 is 0 Å². The quantitative estimate of drug-likeness (QED) is 0.439. The third kappa shape index (κ3) is 7.34. The maximum atomic E-state index is 9.25. The van der Waals surface area contributed by atoms with E-state index in [1.165, 1.54) is 63.4 Å². The fourth-order valence-corrected chi connectivity index (χ4v) is 2.65. The second kappa shape index (κ2) is 11.5. The Morgan fingerprint density at radius 3 is 1.95 bits per heavy atom. The molecule has 110 valence electrons. The van der Waals surface area contributed by atoms with E-state index in [0.29, 0.717) is 0 Å². The molecule has 0 fully saturated rings. The van der Waals surface area contributed by atoms with Crippen LogP contribution in [0.3, 0.4) is 0 Å². The summed E-state index contributed by atoms with van der Waals surface area (Å²) >= 11 is 0. The van der Waals surface area contributed by atoms with Crippen LogP contribution >= 0.6 is 0 Å². The highest BCUT2D eigenvalue weighted by molar-refractivity contribution is 5.24. The molecule has 1 heteroatoms. The lowest BCUT2D eigenvalue weighted by Crippen LogP contribution is -1.95. The topological polar surface area (TPSA) is 23.8 Å². The van der Waals surface area contributed by atoms with E-state index >= 15 is 0 Å². The Kier molecular flexibility index (Phi) is 9.66. The fraction of sp³-hybridized carbons (Fsp3) is 0.632. The normalized spacial score (nSPS) is 12.0. The summed E-state index contributed by atoms with van der Waals surface area (Å²) in [6.07, 6.45) is 13.1. The number of unbranched alkanes of at least 4 members (excludes halogenated alkanes) is 8. The van der Waals surface area contributed by atoms with Crippen molar-refractivity contribution in [2.45, 2.75) is 77.0 Å². The van der Waals surface area contributed by atoms with Crippen molar-refractivity contribution in [1.29, 1.82) is 5.26 Å². The van der Waals surface area contributed by atoms with Gasteiger partial charge in [0.1, 0.15) is 0 Å². The lowest BCUT2D eigenvalue weighted by atomic mass is 9.94. The van der Waals surface area contributed by atoms with Crippen LogP contribution in [0.1, 0.15) is 82.6 Å². The summed E-state index contributed by atoms with van der Waals surface area (Å²) in [5.74, 6) is 0.0840. The molecule has 0 N–H and O–H groups in total. The minimum atomic E-state index is 0.0840. The molecule has 0 amide bonds. The predicted octanol–water partition coefficient (Wildman–Crippen LogP) is 6.21. The molecular weight excluding hydrogens is 242 g/mol. The smallest absolute Gasteiger partial charge is 0.0712 e. The second-order valence-corrected chi connectivity index (χ2v) is 5.71. The molecule has 0 radical (unpaired) electrons. The molecule has 0 heterocycles. The largest absolute Gasteiger partial charge is 0.198 e. The van der Waals surface area contributed by atoms with Crippen LogP contribution in [-0.2, 0) is 0 Å². The Labute approximate surface area is 125 Å². The number of nitriles is 1. The molecule has 1 unspecified atom stereocenters. The monoisotopic (exact) mass is 271 g/mol. The Morgan fingerprint density at radius 2 is 1.40 bits per heavy atom. The molecule has 20 heavy (non-hydrogen) atoms. The molecule has 0 aromatic heterocycles. The number of rotatable bonds is 11. The van der Waals surface area contributed by atoms with Crippen molar-refractivity contribution in [3.05, 3.63) is 35.9 Å². The zero-order valence-corrected chi connectivity index (χ0v) is 13.0. The van der Waals surface area contributed by atoms with Crippen LogP contribution in [0.2, 0.25) is 0 Å². The average molecular weight is 271 g/mol. The van der Waals surface area contributed by atoms with Gasteiger partial charge < -0.3 is 0 Å². The molecule has 0 aliphatic heterocycles. The highest BCUT2D eigenvalue weighted by Gasteiger charge is 2.08. The van der Waals surface area contributed by atoms with Gasteiger partial charge in [0.2, 0.25) is 0 Å². The first-order valence-electron chi connectivity index (χ1n) is 8.33. The SMILES string of the molecule is CCCCCCCCCCCC(C#N)c1ccccc1. The predicted molar refractivity (Wildman–Crippen MR) is 86.6 cm³/mol. The van der Waals surface area contributed by atoms with Gasteiger partial charge in [0, 0.05) is 0 Å². The zero-order valence-electron chi connectivity index (χ0n) is 13.0. The highest BCUT2D eigenvalue weighted by Crippen LogP contribution is 2.22. The third-order valence-electron chi connectivity index (χ3n) is 3.95. The Hall–Kier alpha value is -1.29. The summed E-state index contributed by atoms with van der Waals surface area (Å²) in [6.45, 7) is 2.26. The first-order valence-corrected chi connectivity index (χ1v) is 8.33. The van der Waals surface area contributed by atoms with E-state index in [9.17, 15) is 5.26 Å². The molecule has 0 aliphatic rings. The van der Waals surface area contributed by atoms with Gasteiger partial charge in [-0.25, -0.2) is 0 Å². The number of nitrogens with zero attached hydrogens (tertiary/aromatic N) is 1. The van der Waals surface area contributed by atoms with Gasteiger partial charge in [0.25, 0.3) is 0 Å². The van der Waals surface area contributed by atoms with Crippen molar-refractivity contribution < 1.29 is 0 Å². The molecule has 1 rings (SSSR count). The van der Waals surface area contributed by atoms with E-state index in [1.807, 2.05) is 18.2 Å². The maximum absolute atomic E-state index is 9.25. The Bertz CT molecular complexity index is 363. The molecule has 1 aromatic carbocycles. The van der Waals surface area contributed by atoms with Gasteiger partial charge in [-0.1, -0.05) is 95.0 Å². The Morgan fingerprint density at radius 1 is 0.850 bits per heavy atom. The average Bonchev–Trinajstić information content (AvgIpc) is 2.50. The zero-order chi connectivity index (χ0) is 14.5. The number of benzene rings is 1. The summed E-state index contributed by atoms with van der Waals surface area (Å²) in [6, 6.07) is 12.6. The van der Waals surface area contributed by atoms with Crippen LogP contribution in [0.4, 0.5) is 0 Å². The summed E-state index contributed by atoms with van der Waals surface area (Å²) in [5, 5.41) is 9.25. The highest BCUT2D eigenvalue weighted by atomic mass is 14.3. The Balaban J connectivity index is 2.04. The molecule has 0 aliphatic carbocycles. The lowest BCUT2D eigenvalue weighted by Gasteiger charge is -2.09. The van der Waals surface area contributed by atoms with E-state index in [0.717, 1.165) is 6.42 Å². The molecule has 0 saturated carbocycles. The van der Waals surface area contributed by atoms with E-state index in [4.69, 9.17) is 0 Å². The standard InChI is InChI=1S/C19H29N/c1-2-3-4-5-6-7-8-9-11-16-19(17-20)18-14-12-10-13-15-18/h10,12-15,19H,2-9,11,16H2,1H3. The summed E-state index contributed by atoms with van der Waals surface area (Å²) in [5.41, 5.74) is 1.18. The van der Waals surface area contributed by atoms with Crippen LogP contribution in [0, 0.1) is 11.3 Å². The van der Waals surface area contributed by atoms with Crippen molar-refractivity contribution in [3.63, 3.8) is 0 Å². The summed E-state index contributed by atoms with van der Waals surface area (Å²) in [7, 11) is 0. The van der Waals surface area contributed by atoms with Crippen LogP contribution in [0.25, 0.3) is 0 Å². The van der Waals surface area contributed by atoms with Gasteiger partial charge >= 0.3 is 0 Å². The second-order valence-electron chi connectivity index (χ2n) is 5.71. The summed E-state index contributed by atoms with van der Waals surface area (Å²) in [4.78, 5) is 0. The van der Waals surface area contributed by atoms with Crippen LogP contribution in [0.15, 0.2) is 30.3 Å². The van der Waals surface area contributed by atoms with Gasteiger partial charge in [-0.2, -0.15) is 5.26 Å². The van der Waals surface area contributed by atoms with Crippen LogP contribution in [0.5, 0.6) is 0 Å². The van der Waals surface area contributed by atoms with Crippen molar-refractivity contribution in [2.24, 2.45) is 0 Å². The van der Waals surface area contributed by atoms with Gasteiger partial charge in [-0.05, 0) is 12.0 Å².